The molecule has 2 rings (SSSR count). The fourth-order valence-electron chi connectivity index (χ4n) is 2.31. The Morgan fingerprint density at radius 2 is 1.74 bits per heavy atom. The summed E-state index contributed by atoms with van der Waals surface area (Å²) in [5.74, 6) is 0.937. The minimum atomic E-state index is 0.143. The number of hydrogen-bond acceptors (Lipinski definition) is 3. The normalized spacial score (nSPS) is 16.9. The van der Waals surface area contributed by atoms with Crippen LogP contribution >= 0.6 is 0 Å². The van der Waals surface area contributed by atoms with Crippen LogP contribution in [0.25, 0.3) is 0 Å². The second-order valence-electron chi connectivity index (χ2n) is 5.51. The molecule has 0 aromatic heterocycles. The van der Waals surface area contributed by atoms with Crippen LogP contribution in [0.1, 0.15) is 48.5 Å². The number of rotatable bonds is 4. The molecule has 1 aliphatic rings. The zero-order chi connectivity index (χ0) is 13.8. The number of ketones is 2. The van der Waals surface area contributed by atoms with Crippen molar-refractivity contribution < 1.29 is 9.59 Å². The van der Waals surface area contributed by atoms with Gasteiger partial charge < -0.3 is 0 Å². The molecule has 1 heterocycles. The molecule has 0 unspecified atom stereocenters. The summed E-state index contributed by atoms with van der Waals surface area (Å²) in [6.45, 7) is 6.14. The van der Waals surface area contributed by atoms with Gasteiger partial charge in [0.05, 0.1) is 6.54 Å². The summed E-state index contributed by atoms with van der Waals surface area (Å²) in [5.41, 5.74) is 2.02. The monoisotopic (exact) mass is 259 g/mol. The molecule has 19 heavy (non-hydrogen) atoms. The molecule has 1 saturated heterocycles. The number of Topliss-reactive ketones (excluding diaryl/α,β-unsaturated/α-hetero) is 2. The first-order valence-corrected chi connectivity index (χ1v) is 6.93. The Balaban J connectivity index is 1.94. The van der Waals surface area contributed by atoms with Gasteiger partial charge >= 0.3 is 0 Å². The smallest absolute Gasteiger partial charge is 0.176 e. The molecule has 102 valence electrons. The van der Waals surface area contributed by atoms with Gasteiger partial charge in [0.15, 0.2) is 5.78 Å². The van der Waals surface area contributed by atoms with Crippen LogP contribution in [0.15, 0.2) is 24.3 Å². The zero-order valence-electron chi connectivity index (χ0n) is 11.7. The lowest BCUT2D eigenvalue weighted by Crippen LogP contribution is -2.37. The number of nitrogens with zero attached hydrogens (tertiary/aromatic N) is 1. The first-order chi connectivity index (χ1) is 9.06. The van der Waals surface area contributed by atoms with Crippen molar-refractivity contribution in [2.45, 2.75) is 32.6 Å². The maximum Gasteiger partial charge on any atom is 0.176 e. The molecule has 0 N–H and O–H groups in total. The average Bonchev–Trinajstić information content (AvgIpc) is 2.41. The molecular weight excluding hydrogens is 238 g/mol. The van der Waals surface area contributed by atoms with Gasteiger partial charge in [0, 0.05) is 31.5 Å². The fraction of sp³-hybridized carbons (Fsp3) is 0.500. The van der Waals surface area contributed by atoms with E-state index in [0.717, 1.165) is 5.56 Å². The molecule has 0 saturated carbocycles. The molecule has 1 aromatic rings. The summed E-state index contributed by atoms with van der Waals surface area (Å²) in [7, 11) is 0. The van der Waals surface area contributed by atoms with E-state index in [1.165, 1.54) is 5.56 Å². The molecule has 3 nitrogen and oxygen atoms in total. The van der Waals surface area contributed by atoms with Crippen LogP contribution in [-0.2, 0) is 4.79 Å². The van der Waals surface area contributed by atoms with E-state index in [1.807, 2.05) is 24.3 Å². The second-order valence-corrected chi connectivity index (χ2v) is 5.51. The molecule has 3 heteroatoms. The molecule has 1 aliphatic heterocycles. The van der Waals surface area contributed by atoms with Crippen LogP contribution in [0.2, 0.25) is 0 Å². The summed E-state index contributed by atoms with van der Waals surface area (Å²) in [6, 6.07) is 7.87. The molecule has 0 radical (unpaired) electrons. The van der Waals surface area contributed by atoms with E-state index < -0.39 is 0 Å². The Morgan fingerprint density at radius 3 is 2.26 bits per heavy atom. The SMILES string of the molecule is CC(C)c1ccc(C(=O)CN2CCC(=O)CC2)cc1. The highest BCUT2D eigenvalue weighted by Crippen LogP contribution is 2.15. The fourth-order valence-corrected chi connectivity index (χ4v) is 2.31. The maximum atomic E-state index is 12.1. The van der Waals surface area contributed by atoms with Crippen molar-refractivity contribution in [1.29, 1.82) is 0 Å². The van der Waals surface area contributed by atoms with Crippen LogP contribution in [-0.4, -0.2) is 36.1 Å². The van der Waals surface area contributed by atoms with E-state index in [9.17, 15) is 9.59 Å². The van der Waals surface area contributed by atoms with Gasteiger partial charge in [-0.1, -0.05) is 38.1 Å². The van der Waals surface area contributed by atoms with Crippen molar-refractivity contribution in [3.63, 3.8) is 0 Å². The lowest BCUT2D eigenvalue weighted by Gasteiger charge is -2.24. The Labute approximate surface area is 114 Å². The lowest BCUT2D eigenvalue weighted by molar-refractivity contribution is -0.121. The van der Waals surface area contributed by atoms with Crippen LogP contribution in [0, 0.1) is 0 Å². The predicted molar refractivity (Wildman–Crippen MR) is 75.5 cm³/mol. The Hall–Kier alpha value is -1.48. The van der Waals surface area contributed by atoms with Gasteiger partial charge in [-0.05, 0) is 11.5 Å². The van der Waals surface area contributed by atoms with Gasteiger partial charge in [0.2, 0.25) is 0 Å². The minimum absolute atomic E-state index is 0.143. The van der Waals surface area contributed by atoms with Crippen LogP contribution < -0.4 is 0 Å². The number of piperidine rings is 1. The Bertz CT molecular complexity index is 452. The number of carbonyl (C=O) groups excluding carboxylic acids is 2. The highest BCUT2D eigenvalue weighted by atomic mass is 16.1. The molecule has 1 aromatic carbocycles. The summed E-state index contributed by atoms with van der Waals surface area (Å²) >= 11 is 0. The number of carbonyl (C=O) groups is 2. The summed E-state index contributed by atoms with van der Waals surface area (Å²) < 4.78 is 0. The quantitative estimate of drug-likeness (QED) is 0.780. The predicted octanol–water partition coefficient (Wildman–Crippen LogP) is 2.66. The van der Waals surface area contributed by atoms with E-state index in [2.05, 4.69) is 18.7 Å². The van der Waals surface area contributed by atoms with Gasteiger partial charge in [0.1, 0.15) is 5.78 Å². The Morgan fingerprint density at radius 1 is 1.16 bits per heavy atom. The van der Waals surface area contributed by atoms with E-state index in [-0.39, 0.29) is 5.78 Å². The van der Waals surface area contributed by atoms with E-state index in [1.54, 1.807) is 0 Å². The van der Waals surface area contributed by atoms with Gasteiger partial charge in [-0.3, -0.25) is 14.5 Å². The standard InChI is InChI=1S/C16H21NO2/c1-12(2)13-3-5-14(6-4-13)16(19)11-17-9-7-15(18)8-10-17/h3-6,12H,7-11H2,1-2H3. The van der Waals surface area contributed by atoms with E-state index in [0.29, 0.717) is 44.2 Å². The van der Waals surface area contributed by atoms with Crippen LogP contribution in [0.5, 0.6) is 0 Å². The maximum absolute atomic E-state index is 12.1. The molecule has 1 fully saturated rings. The molecule has 0 spiro atoms. The third-order valence-electron chi connectivity index (χ3n) is 3.68. The number of benzene rings is 1. The summed E-state index contributed by atoms with van der Waals surface area (Å²) in [6.07, 6.45) is 1.17. The summed E-state index contributed by atoms with van der Waals surface area (Å²) in [4.78, 5) is 25.4. The van der Waals surface area contributed by atoms with Crippen LogP contribution in [0.3, 0.4) is 0 Å². The highest BCUT2D eigenvalue weighted by molar-refractivity contribution is 5.97. The topological polar surface area (TPSA) is 37.4 Å². The number of likely N-dealkylation sites (tertiary alicyclic amines) is 1. The van der Waals surface area contributed by atoms with E-state index >= 15 is 0 Å². The van der Waals surface area contributed by atoms with Crippen molar-refractivity contribution in [3.8, 4) is 0 Å². The molecule has 0 atom stereocenters. The van der Waals surface area contributed by atoms with Gasteiger partial charge in [0.25, 0.3) is 0 Å². The van der Waals surface area contributed by atoms with Crippen molar-refractivity contribution in [3.05, 3.63) is 35.4 Å². The van der Waals surface area contributed by atoms with Gasteiger partial charge in [-0.25, -0.2) is 0 Å². The van der Waals surface area contributed by atoms with Gasteiger partial charge in [-0.15, -0.1) is 0 Å². The van der Waals surface area contributed by atoms with Crippen molar-refractivity contribution in [2.24, 2.45) is 0 Å². The molecular formula is C16H21NO2. The first-order valence-electron chi connectivity index (χ1n) is 6.93. The van der Waals surface area contributed by atoms with Crippen molar-refractivity contribution in [2.75, 3.05) is 19.6 Å². The molecule has 0 aliphatic carbocycles. The summed E-state index contributed by atoms with van der Waals surface area (Å²) in [5, 5.41) is 0. The van der Waals surface area contributed by atoms with Crippen LogP contribution in [0.4, 0.5) is 0 Å². The number of hydrogen-bond donors (Lipinski definition) is 0. The average molecular weight is 259 g/mol. The third-order valence-corrected chi connectivity index (χ3v) is 3.68. The zero-order valence-corrected chi connectivity index (χ0v) is 11.7. The van der Waals surface area contributed by atoms with Gasteiger partial charge in [-0.2, -0.15) is 0 Å². The minimum Gasteiger partial charge on any atom is -0.300 e. The largest absolute Gasteiger partial charge is 0.300 e. The van der Waals surface area contributed by atoms with E-state index in [4.69, 9.17) is 0 Å². The first kappa shape index (κ1) is 13.9. The van der Waals surface area contributed by atoms with Crippen molar-refractivity contribution in [1.82, 2.24) is 4.90 Å². The third kappa shape index (κ3) is 3.74. The Kier molecular flexibility index (Phi) is 4.48. The molecule has 0 amide bonds. The van der Waals surface area contributed by atoms with Crippen molar-refractivity contribution >= 4 is 11.6 Å². The second kappa shape index (κ2) is 6.11. The lowest BCUT2D eigenvalue weighted by atomic mass is 10.00. The molecule has 0 bridgehead atoms. The highest BCUT2D eigenvalue weighted by Gasteiger charge is 2.18.